The molecule has 1 aromatic carbocycles. The zero-order chi connectivity index (χ0) is 11.3. The first kappa shape index (κ1) is 13.1. The van der Waals surface area contributed by atoms with Crippen molar-refractivity contribution in [3.05, 3.63) is 35.9 Å². The summed E-state index contributed by atoms with van der Waals surface area (Å²) in [5.41, 5.74) is 0.992. The van der Waals surface area contributed by atoms with Crippen molar-refractivity contribution in [2.75, 3.05) is 6.61 Å². The summed E-state index contributed by atoms with van der Waals surface area (Å²) in [6.07, 6.45) is 1.30. The highest BCUT2D eigenvalue weighted by molar-refractivity contribution is 6.68. The van der Waals surface area contributed by atoms with Gasteiger partial charge in [-0.15, -0.1) is 0 Å². The van der Waals surface area contributed by atoms with Crippen LogP contribution in [-0.2, 0) is 0 Å². The number of hydrogen-bond donors (Lipinski definition) is 1. The van der Waals surface area contributed by atoms with Gasteiger partial charge in [0.15, 0.2) is 3.79 Å². The first-order valence-electron chi connectivity index (χ1n) is 4.78. The van der Waals surface area contributed by atoms with Crippen LogP contribution in [0.1, 0.15) is 24.3 Å². The van der Waals surface area contributed by atoms with Crippen molar-refractivity contribution in [2.24, 2.45) is 0 Å². The molecule has 1 N–H and O–H groups in total. The molecule has 4 heteroatoms. The number of alkyl halides is 3. The highest BCUT2D eigenvalue weighted by Gasteiger charge is 2.32. The summed E-state index contributed by atoms with van der Waals surface area (Å²) in [6, 6.07) is 9.62. The van der Waals surface area contributed by atoms with Crippen molar-refractivity contribution in [1.82, 2.24) is 0 Å². The Kier molecular flexibility index (Phi) is 5.20. The van der Waals surface area contributed by atoms with Crippen molar-refractivity contribution in [3.8, 4) is 0 Å². The molecule has 0 saturated heterocycles. The van der Waals surface area contributed by atoms with Crippen molar-refractivity contribution in [1.29, 1.82) is 0 Å². The van der Waals surface area contributed by atoms with Gasteiger partial charge in [-0.05, 0) is 18.4 Å². The molecule has 1 nitrogen and oxygen atoms in total. The smallest absolute Gasteiger partial charge is 0.197 e. The van der Waals surface area contributed by atoms with Crippen LogP contribution in [-0.4, -0.2) is 15.5 Å². The van der Waals surface area contributed by atoms with Gasteiger partial charge in [-0.2, -0.15) is 0 Å². The fraction of sp³-hybridized carbons (Fsp3) is 0.455. The predicted molar refractivity (Wildman–Crippen MR) is 65.8 cm³/mol. The fourth-order valence-electron chi connectivity index (χ4n) is 1.50. The van der Waals surface area contributed by atoms with Gasteiger partial charge in [-0.3, -0.25) is 0 Å². The molecule has 1 unspecified atom stereocenters. The van der Waals surface area contributed by atoms with Gasteiger partial charge in [0, 0.05) is 12.5 Å². The Morgan fingerprint density at radius 1 is 1.13 bits per heavy atom. The summed E-state index contributed by atoms with van der Waals surface area (Å²) in [5, 5.41) is 8.80. The summed E-state index contributed by atoms with van der Waals surface area (Å²) >= 11 is 17.8. The van der Waals surface area contributed by atoms with E-state index in [0.29, 0.717) is 12.8 Å². The maximum Gasteiger partial charge on any atom is 0.197 e. The van der Waals surface area contributed by atoms with Gasteiger partial charge in [-0.25, -0.2) is 0 Å². The van der Waals surface area contributed by atoms with Crippen LogP contribution in [0, 0.1) is 0 Å². The van der Waals surface area contributed by atoms with E-state index >= 15 is 0 Å². The lowest BCUT2D eigenvalue weighted by Crippen LogP contribution is -2.17. The predicted octanol–water partition coefficient (Wildman–Crippen LogP) is 3.91. The van der Waals surface area contributed by atoms with Crippen LogP contribution in [0.2, 0.25) is 0 Å². The molecule has 1 aromatic rings. The number of halogens is 3. The molecular formula is C11H13Cl3O. The normalized spacial score (nSPS) is 13.9. The molecule has 0 aromatic heterocycles. The van der Waals surface area contributed by atoms with Crippen LogP contribution in [0.3, 0.4) is 0 Å². The lowest BCUT2D eigenvalue weighted by atomic mass is 9.96. The van der Waals surface area contributed by atoms with E-state index in [1.165, 1.54) is 0 Å². The molecule has 15 heavy (non-hydrogen) atoms. The number of aliphatic hydroxyl groups is 1. The number of rotatable bonds is 4. The monoisotopic (exact) mass is 266 g/mol. The molecule has 0 heterocycles. The fourth-order valence-corrected chi connectivity index (χ4v) is 2.21. The molecule has 0 aliphatic carbocycles. The molecule has 0 saturated carbocycles. The van der Waals surface area contributed by atoms with Crippen molar-refractivity contribution >= 4 is 34.8 Å². The standard InChI is InChI=1S/C11H13Cl3O/c12-11(13,14)10(7-4-8-15)9-5-2-1-3-6-9/h1-3,5-6,10,15H,4,7-8H2. The minimum atomic E-state index is -1.32. The number of aliphatic hydroxyl groups excluding tert-OH is 1. The maximum atomic E-state index is 8.80. The molecular weight excluding hydrogens is 254 g/mol. The zero-order valence-corrected chi connectivity index (χ0v) is 10.4. The topological polar surface area (TPSA) is 20.2 Å². The highest BCUT2D eigenvalue weighted by atomic mass is 35.6. The van der Waals surface area contributed by atoms with Gasteiger partial charge in [0.1, 0.15) is 0 Å². The second-order valence-electron chi connectivity index (χ2n) is 3.37. The van der Waals surface area contributed by atoms with Crippen LogP contribution in [0.25, 0.3) is 0 Å². The number of benzene rings is 1. The van der Waals surface area contributed by atoms with E-state index in [4.69, 9.17) is 39.9 Å². The van der Waals surface area contributed by atoms with Gasteiger partial charge < -0.3 is 5.11 Å². The van der Waals surface area contributed by atoms with Crippen molar-refractivity contribution < 1.29 is 5.11 Å². The summed E-state index contributed by atoms with van der Waals surface area (Å²) in [6.45, 7) is 0.115. The van der Waals surface area contributed by atoms with E-state index in [9.17, 15) is 0 Å². The minimum Gasteiger partial charge on any atom is -0.396 e. The summed E-state index contributed by atoms with van der Waals surface area (Å²) in [7, 11) is 0. The lowest BCUT2D eigenvalue weighted by molar-refractivity contribution is 0.279. The van der Waals surface area contributed by atoms with E-state index in [-0.39, 0.29) is 12.5 Å². The quantitative estimate of drug-likeness (QED) is 0.820. The van der Waals surface area contributed by atoms with Crippen LogP contribution in [0.5, 0.6) is 0 Å². The molecule has 84 valence electrons. The van der Waals surface area contributed by atoms with E-state index < -0.39 is 3.79 Å². The largest absolute Gasteiger partial charge is 0.396 e. The minimum absolute atomic E-state index is 0.115. The van der Waals surface area contributed by atoms with E-state index in [0.717, 1.165) is 5.56 Å². The summed E-state index contributed by atoms with van der Waals surface area (Å²) in [4.78, 5) is 0. The van der Waals surface area contributed by atoms with Gasteiger partial charge in [0.2, 0.25) is 0 Å². The van der Waals surface area contributed by atoms with Crippen LogP contribution in [0.4, 0.5) is 0 Å². The van der Waals surface area contributed by atoms with Crippen molar-refractivity contribution in [2.45, 2.75) is 22.6 Å². The molecule has 0 radical (unpaired) electrons. The third kappa shape index (κ3) is 4.20. The molecule has 1 atom stereocenters. The van der Waals surface area contributed by atoms with Crippen LogP contribution in [0.15, 0.2) is 30.3 Å². The second kappa shape index (κ2) is 5.95. The SMILES string of the molecule is OCCCC(c1ccccc1)C(Cl)(Cl)Cl. The first-order chi connectivity index (χ1) is 7.05. The lowest BCUT2D eigenvalue weighted by Gasteiger charge is -2.24. The highest BCUT2D eigenvalue weighted by Crippen LogP contribution is 2.43. The van der Waals surface area contributed by atoms with Crippen molar-refractivity contribution in [3.63, 3.8) is 0 Å². The first-order valence-corrected chi connectivity index (χ1v) is 5.91. The zero-order valence-electron chi connectivity index (χ0n) is 8.17. The summed E-state index contributed by atoms with van der Waals surface area (Å²) in [5.74, 6) is -0.171. The summed E-state index contributed by atoms with van der Waals surface area (Å²) < 4.78 is -1.32. The Bertz CT molecular complexity index is 282. The Balaban J connectivity index is 2.82. The average molecular weight is 268 g/mol. The van der Waals surface area contributed by atoms with Gasteiger partial charge in [0.05, 0.1) is 0 Å². The molecule has 0 aliphatic rings. The Hall–Kier alpha value is 0.0500. The van der Waals surface area contributed by atoms with E-state index in [1.807, 2.05) is 30.3 Å². The van der Waals surface area contributed by atoms with Crippen LogP contribution < -0.4 is 0 Å². The molecule has 1 rings (SSSR count). The Labute approximate surface area is 105 Å². The molecule has 0 amide bonds. The van der Waals surface area contributed by atoms with Crippen LogP contribution >= 0.6 is 34.8 Å². The molecule has 0 spiro atoms. The number of hydrogen-bond acceptors (Lipinski definition) is 1. The second-order valence-corrected chi connectivity index (χ2v) is 5.74. The van der Waals surface area contributed by atoms with E-state index in [2.05, 4.69) is 0 Å². The Morgan fingerprint density at radius 2 is 1.73 bits per heavy atom. The third-order valence-corrected chi connectivity index (χ3v) is 3.04. The Morgan fingerprint density at radius 3 is 2.20 bits per heavy atom. The van der Waals surface area contributed by atoms with E-state index in [1.54, 1.807) is 0 Å². The molecule has 0 fully saturated rings. The van der Waals surface area contributed by atoms with Gasteiger partial charge >= 0.3 is 0 Å². The molecule has 0 aliphatic heterocycles. The maximum absolute atomic E-state index is 8.80. The third-order valence-electron chi connectivity index (χ3n) is 2.25. The average Bonchev–Trinajstić information content (AvgIpc) is 2.18. The molecule has 0 bridgehead atoms. The van der Waals surface area contributed by atoms with Gasteiger partial charge in [0.25, 0.3) is 0 Å². The van der Waals surface area contributed by atoms with Gasteiger partial charge in [-0.1, -0.05) is 65.1 Å².